The van der Waals surface area contributed by atoms with Crippen LogP contribution in [-0.2, 0) is 0 Å². The lowest BCUT2D eigenvalue weighted by Crippen LogP contribution is -2.31. The Labute approximate surface area is 130 Å². The fourth-order valence-corrected chi connectivity index (χ4v) is 17.6. The van der Waals surface area contributed by atoms with Crippen LogP contribution in [0.3, 0.4) is 0 Å². The second-order valence-electron chi connectivity index (χ2n) is 12.8. The topological polar surface area (TPSA) is 0 Å². The van der Waals surface area contributed by atoms with Crippen LogP contribution in [0, 0.1) is 123 Å². The van der Waals surface area contributed by atoms with Crippen LogP contribution in [0.25, 0.3) is 0 Å². The zero-order valence-corrected chi connectivity index (χ0v) is 13.0. The number of hydrogen-bond donors (Lipinski definition) is 0. The third kappa shape index (κ3) is 0.353. The minimum Gasteiger partial charge on any atom is -0.0614 e. The van der Waals surface area contributed by atoms with E-state index in [9.17, 15) is 0 Å². The van der Waals surface area contributed by atoms with E-state index in [1.807, 2.05) is 0 Å². The van der Waals surface area contributed by atoms with Gasteiger partial charge in [-0.25, -0.2) is 0 Å². The summed E-state index contributed by atoms with van der Waals surface area (Å²) in [6.07, 6.45) is 0. The lowest BCUT2D eigenvalue weighted by Gasteiger charge is -2.34. The Kier molecular flexibility index (Phi) is 0.714. The smallest absolute Gasteiger partial charge is 0.0133 e. The van der Waals surface area contributed by atoms with Gasteiger partial charge in [-0.3, -0.25) is 0 Å². The van der Waals surface area contributed by atoms with Gasteiger partial charge in [0.05, 0.1) is 0 Å². The summed E-state index contributed by atoms with van der Waals surface area (Å²) in [5, 5.41) is 0. The van der Waals surface area contributed by atoms with E-state index in [1.54, 1.807) is 0 Å². The molecule has 13 aliphatic rings. The van der Waals surface area contributed by atoms with Crippen molar-refractivity contribution >= 4 is 0 Å². The lowest BCUT2D eigenvalue weighted by atomic mass is 9.69. The van der Waals surface area contributed by atoms with Crippen LogP contribution >= 0.6 is 0 Å². The fraction of sp³-hybridized carbons (Fsp3) is 1.00. The molecule has 12 atom stereocenters. The summed E-state index contributed by atoms with van der Waals surface area (Å²) in [4.78, 5) is 0. The molecule has 0 aromatic carbocycles. The molecule has 0 N–H and O–H groups in total. The first kappa shape index (κ1) is 8.91. The highest BCUT2D eigenvalue weighted by Crippen LogP contribution is 3.13. The molecule has 0 saturated heterocycles. The standard InChI is InChI=1S/C22H22/c1-2-21-17-11-5-3-4-7-9(5)15(17)19-13(7)14-8(4)10-6(3)12(11)18(21)16(10)20(14)22(2,19)21/h2-20H,1H3. The summed E-state index contributed by atoms with van der Waals surface area (Å²) >= 11 is 0. The van der Waals surface area contributed by atoms with E-state index in [1.165, 1.54) is 112 Å². The Bertz CT molecular complexity index is 695. The molecule has 0 aliphatic heterocycles. The molecular formula is C22H22. The first-order chi connectivity index (χ1) is 10.9. The third-order valence-electron chi connectivity index (χ3n) is 15.2. The highest BCUT2D eigenvalue weighted by atomic mass is 15.1. The van der Waals surface area contributed by atoms with E-state index in [4.69, 9.17) is 0 Å². The molecule has 0 aromatic heterocycles. The molecule has 0 heterocycles. The van der Waals surface area contributed by atoms with Crippen LogP contribution in [0.1, 0.15) is 6.92 Å². The van der Waals surface area contributed by atoms with Crippen LogP contribution in [0.5, 0.6) is 0 Å². The van der Waals surface area contributed by atoms with Crippen molar-refractivity contribution in [2.75, 3.05) is 0 Å². The summed E-state index contributed by atoms with van der Waals surface area (Å²) in [5.74, 6) is 25.0. The van der Waals surface area contributed by atoms with Crippen LogP contribution in [0.15, 0.2) is 0 Å². The molecule has 22 heavy (non-hydrogen) atoms. The van der Waals surface area contributed by atoms with E-state index in [-0.39, 0.29) is 0 Å². The van der Waals surface area contributed by atoms with Gasteiger partial charge in [0.1, 0.15) is 0 Å². The lowest BCUT2D eigenvalue weighted by molar-refractivity contribution is 0.118. The van der Waals surface area contributed by atoms with E-state index >= 15 is 0 Å². The Morgan fingerprint density at radius 3 is 1.00 bits per heavy atom. The van der Waals surface area contributed by atoms with Gasteiger partial charge in [0.2, 0.25) is 0 Å². The van der Waals surface area contributed by atoms with Crippen molar-refractivity contribution < 1.29 is 0 Å². The minimum atomic E-state index is 1.01. The Morgan fingerprint density at radius 1 is 0.364 bits per heavy atom. The Hall–Kier alpha value is 0. The summed E-state index contributed by atoms with van der Waals surface area (Å²) in [6, 6.07) is 0. The zero-order chi connectivity index (χ0) is 13.0. The molecule has 0 amide bonds. The third-order valence-corrected chi connectivity index (χ3v) is 15.2. The quantitative estimate of drug-likeness (QED) is 0.642. The highest BCUT2D eigenvalue weighted by Gasteiger charge is 3.11. The monoisotopic (exact) mass is 286 g/mol. The van der Waals surface area contributed by atoms with E-state index in [0.29, 0.717) is 0 Å². The zero-order valence-electron chi connectivity index (χ0n) is 13.0. The maximum atomic E-state index is 2.80. The summed E-state index contributed by atoms with van der Waals surface area (Å²) in [7, 11) is 0. The van der Waals surface area contributed by atoms with Gasteiger partial charge in [-0.05, 0) is 123 Å². The van der Waals surface area contributed by atoms with Crippen molar-refractivity contribution in [3.05, 3.63) is 0 Å². The van der Waals surface area contributed by atoms with Gasteiger partial charge in [0.15, 0.2) is 0 Å². The van der Waals surface area contributed by atoms with Crippen LogP contribution in [0.2, 0.25) is 0 Å². The Morgan fingerprint density at radius 2 is 0.636 bits per heavy atom. The van der Waals surface area contributed by atoms with Gasteiger partial charge in [-0.1, -0.05) is 6.92 Å². The summed E-state index contributed by atoms with van der Waals surface area (Å²) in [6.45, 7) is 2.80. The molecule has 0 heteroatoms. The van der Waals surface area contributed by atoms with Crippen molar-refractivity contribution in [3.8, 4) is 0 Å². The van der Waals surface area contributed by atoms with Crippen molar-refractivity contribution in [1.29, 1.82) is 0 Å². The maximum absolute atomic E-state index is 2.80. The second kappa shape index (κ2) is 1.76. The van der Waals surface area contributed by atoms with Crippen LogP contribution < -0.4 is 0 Å². The normalized spacial score (nSPS) is 111. The second-order valence-corrected chi connectivity index (χ2v) is 12.8. The number of hydrogen-bond acceptors (Lipinski definition) is 0. The molecule has 13 saturated carbocycles. The average molecular weight is 286 g/mol. The van der Waals surface area contributed by atoms with Crippen molar-refractivity contribution in [3.63, 3.8) is 0 Å². The van der Waals surface area contributed by atoms with Gasteiger partial charge >= 0.3 is 0 Å². The fourth-order valence-electron chi connectivity index (χ4n) is 17.6. The molecule has 0 radical (unpaired) electrons. The molecule has 0 bridgehead atoms. The van der Waals surface area contributed by atoms with Crippen LogP contribution in [-0.4, -0.2) is 0 Å². The summed E-state index contributed by atoms with van der Waals surface area (Å²) < 4.78 is 0. The molecule has 13 fully saturated rings. The molecule has 13 aliphatic carbocycles. The first-order valence-corrected chi connectivity index (χ1v) is 10.9. The molecular weight excluding hydrogens is 264 g/mol. The number of rotatable bonds is 0. The predicted octanol–water partition coefficient (Wildman–Crippen LogP) is 2.85. The largest absolute Gasteiger partial charge is 0.0614 e. The SMILES string of the molecule is CC1C23C4C5C6C7C8C9C6C4C4C9C6C8C8C7C5C2C8C6C413. The van der Waals surface area contributed by atoms with Crippen molar-refractivity contribution in [1.82, 2.24) is 0 Å². The van der Waals surface area contributed by atoms with Gasteiger partial charge in [-0.2, -0.15) is 0 Å². The van der Waals surface area contributed by atoms with Gasteiger partial charge in [-0.15, -0.1) is 0 Å². The Balaban J connectivity index is 1.46. The molecule has 0 aromatic rings. The van der Waals surface area contributed by atoms with Gasteiger partial charge < -0.3 is 0 Å². The minimum absolute atomic E-state index is 1.01. The van der Waals surface area contributed by atoms with Gasteiger partial charge in [0, 0.05) is 0 Å². The predicted molar refractivity (Wildman–Crippen MR) is 76.9 cm³/mol. The van der Waals surface area contributed by atoms with E-state index < -0.39 is 0 Å². The first-order valence-electron chi connectivity index (χ1n) is 10.9. The molecule has 13 rings (SSSR count). The average Bonchev–Trinajstić information content (AvgIpc) is 3.13. The molecule has 0 nitrogen and oxygen atoms in total. The highest BCUT2D eigenvalue weighted by molar-refractivity contribution is 5.57. The van der Waals surface area contributed by atoms with Gasteiger partial charge in [0.25, 0.3) is 0 Å². The molecule has 2 spiro atoms. The van der Waals surface area contributed by atoms with E-state index in [0.717, 1.165) is 10.8 Å². The van der Waals surface area contributed by atoms with E-state index in [2.05, 4.69) is 6.92 Å². The van der Waals surface area contributed by atoms with Crippen molar-refractivity contribution in [2.45, 2.75) is 6.92 Å². The molecule has 110 valence electrons. The maximum Gasteiger partial charge on any atom is -0.0133 e. The molecule has 12 unspecified atom stereocenters. The van der Waals surface area contributed by atoms with Crippen molar-refractivity contribution in [2.24, 2.45) is 123 Å². The summed E-state index contributed by atoms with van der Waals surface area (Å²) in [5.41, 5.74) is 2.01. The van der Waals surface area contributed by atoms with Crippen LogP contribution in [0.4, 0.5) is 0 Å².